The van der Waals surface area contributed by atoms with Crippen LogP contribution in [0.4, 0.5) is 0 Å². The second-order valence-corrected chi connectivity index (χ2v) is 4.59. The fourth-order valence-electron chi connectivity index (χ4n) is 1.51. The second-order valence-electron chi connectivity index (χ2n) is 3.76. The highest BCUT2D eigenvalue weighted by Crippen LogP contribution is 2.15. The minimum atomic E-state index is -0.128. The third-order valence-corrected chi connectivity index (χ3v) is 3.39. The number of aromatic nitrogens is 2. The fraction of sp³-hybridized carbons (Fsp3) is 0.455. The number of rotatable bonds is 5. The van der Waals surface area contributed by atoms with Gasteiger partial charge in [0.15, 0.2) is 4.96 Å². The largest absolute Gasteiger partial charge is 0.385 e. The Morgan fingerprint density at radius 3 is 3.18 bits per heavy atom. The van der Waals surface area contributed by atoms with Crippen molar-refractivity contribution in [1.82, 2.24) is 14.7 Å². The minimum absolute atomic E-state index is 0.128. The number of thiazole rings is 1. The number of amides is 1. The number of aryl methyl sites for hydroxylation is 1. The highest BCUT2D eigenvalue weighted by molar-refractivity contribution is 7.15. The van der Waals surface area contributed by atoms with Gasteiger partial charge in [0.25, 0.3) is 5.91 Å². The van der Waals surface area contributed by atoms with Gasteiger partial charge in [0, 0.05) is 37.5 Å². The topological polar surface area (TPSA) is 55.6 Å². The molecule has 0 atom stereocenters. The van der Waals surface area contributed by atoms with Crippen LogP contribution in [0.25, 0.3) is 4.96 Å². The summed E-state index contributed by atoms with van der Waals surface area (Å²) in [6, 6.07) is 0. The molecule has 1 N–H and O–H groups in total. The number of hydrogen-bond donors (Lipinski definition) is 1. The van der Waals surface area contributed by atoms with Crippen molar-refractivity contribution < 1.29 is 9.53 Å². The van der Waals surface area contributed by atoms with E-state index >= 15 is 0 Å². The highest BCUT2D eigenvalue weighted by Gasteiger charge is 2.11. The zero-order valence-electron chi connectivity index (χ0n) is 9.90. The van der Waals surface area contributed by atoms with Gasteiger partial charge in [0.05, 0.1) is 0 Å². The molecular formula is C11H15N3O2S. The van der Waals surface area contributed by atoms with E-state index in [1.807, 2.05) is 16.7 Å². The quantitative estimate of drug-likeness (QED) is 0.821. The van der Waals surface area contributed by atoms with Gasteiger partial charge in [0.1, 0.15) is 5.69 Å². The molecule has 2 aromatic heterocycles. The number of nitrogens with zero attached hydrogens (tertiary/aromatic N) is 2. The number of carbonyl (C=O) groups is 1. The number of carbonyl (C=O) groups excluding carboxylic acids is 1. The van der Waals surface area contributed by atoms with Crippen molar-refractivity contribution in [2.24, 2.45) is 0 Å². The van der Waals surface area contributed by atoms with Crippen LogP contribution in [0.2, 0.25) is 0 Å². The van der Waals surface area contributed by atoms with Crippen LogP contribution in [0.1, 0.15) is 22.6 Å². The predicted octanol–water partition coefficient (Wildman–Crippen LogP) is 1.47. The number of methoxy groups -OCH3 is 1. The molecule has 0 aliphatic heterocycles. The minimum Gasteiger partial charge on any atom is -0.385 e. The smallest absolute Gasteiger partial charge is 0.271 e. The van der Waals surface area contributed by atoms with Gasteiger partial charge in [-0.05, 0) is 13.3 Å². The molecule has 0 saturated heterocycles. The summed E-state index contributed by atoms with van der Waals surface area (Å²) in [5, 5.41) is 4.83. The number of imidazole rings is 1. The molecule has 0 saturated carbocycles. The first-order chi connectivity index (χ1) is 8.22. The molecule has 6 heteroatoms. The van der Waals surface area contributed by atoms with Crippen LogP contribution in [-0.4, -0.2) is 35.6 Å². The molecule has 0 unspecified atom stereocenters. The normalized spacial score (nSPS) is 10.9. The lowest BCUT2D eigenvalue weighted by Crippen LogP contribution is -2.25. The van der Waals surface area contributed by atoms with Gasteiger partial charge in [-0.25, -0.2) is 4.98 Å². The molecule has 0 aliphatic carbocycles. The molecule has 5 nitrogen and oxygen atoms in total. The Morgan fingerprint density at radius 2 is 2.47 bits per heavy atom. The van der Waals surface area contributed by atoms with Crippen molar-refractivity contribution >= 4 is 22.2 Å². The summed E-state index contributed by atoms with van der Waals surface area (Å²) in [6.07, 6.45) is 2.58. The molecule has 2 rings (SSSR count). The Bertz CT molecular complexity index is 518. The van der Waals surface area contributed by atoms with E-state index in [1.54, 1.807) is 13.3 Å². The van der Waals surface area contributed by atoms with Gasteiger partial charge in [0.2, 0.25) is 0 Å². The third kappa shape index (κ3) is 2.65. The predicted molar refractivity (Wildman–Crippen MR) is 66.6 cm³/mol. The van der Waals surface area contributed by atoms with Gasteiger partial charge in [-0.1, -0.05) is 0 Å². The maximum Gasteiger partial charge on any atom is 0.271 e. The van der Waals surface area contributed by atoms with E-state index in [9.17, 15) is 4.79 Å². The SMILES string of the molecule is COCCCNC(=O)c1cn2c(C)csc2n1. The zero-order valence-corrected chi connectivity index (χ0v) is 10.7. The van der Waals surface area contributed by atoms with Gasteiger partial charge >= 0.3 is 0 Å². The first kappa shape index (κ1) is 12.1. The van der Waals surface area contributed by atoms with E-state index in [0.717, 1.165) is 17.1 Å². The van der Waals surface area contributed by atoms with E-state index in [1.165, 1.54) is 11.3 Å². The lowest BCUT2D eigenvalue weighted by atomic mass is 10.4. The van der Waals surface area contributed by atoms with Gasteiger partial charge in [-0.3, -0.25) is 9.20 Å². The van der Waals surface area contributed by atoms with Crippen molar-refractivity contribution in [3.63, 3.8) is 0 Å². The van der Waals surface area contributed by atoms with Crippen molar-refractivity contribution in [1.29, 1.82) is 0 Å². The summed E-state index contributed by atoms with van der Waals surface area (Å²) in [5.74, 6) is -0.128. The van der Waals surface area contributed by atoms with E-state index in [4.69, 9.17) is 4.74 Å². The van der Waals surface area contributed by atoms with E-state index < -0.39 is 0 Å². The molecule has 2 heterocycles. The molecule has 1 amide bonds. The Morgan fingerprint density at radius 1 is 1.65 bits per heavy atom. The summed E-state index contributed by atoms with van der Waals surface area (Å²) in [5.41, 5.74) is 1.56. The molecule has 2 aromatic rings. The van der Waals surface area contributed by atoms with Gasteiger partial charge in [-0.2, -0.15) is 0 Å². The summed E-state index contributed by atoms with van der Waals surface area (Å²) < 4.78 is 6.84. The monoisotopic (exact) mass is 253 g/mol. The van der Waals surface area contributed by atoms with Gasteiger partial charge < -0.3 is 10.1 Å². The lowest BCUT2D eigenvalue weighted by Gasteiger charge is -2.01. The average molecular weight is 253 g/mol. The summed E-state index contributed by atoms with van der Waals surface area (Å²) in [6.45, 7) is 3.25. The maximum atomic E-state index is 11.8. The summed E-state index contributed by atoms with van der Waals surface area (Å²) in [4.78, 5) is 16.9. The molecule has 0 aliphatic rings. The van der Waals surface area contributed by atoms with Crippen molar-refractivity contribution in [2.75, 3.05) is 20.3 Å². The summed E-state index contributed by atoms with van der Waals surface area (Å²) >= 11 is 1.54. The molecule has 17 heavy (non-hydrogen) atoms. The van der Waals surface area contributed by atoms with Crippen molar-refractivity contribution in [3.05, 3.63) is 23.0 Å². The van der Waals surface area contributed by atoms with Crippen LogP contribution in [0, 0.1) is 6.92 Å². The van der Waals surface area contributed by atoms with Crippen LogP contribution >= 0.6 is 11.3 Å². The van der Waals surface area contributed by atoms with Crippen LogP contribution in [0.5, 0.6) is 0 Å². The Hall–Kier alpha value is -1.40. The van der Waals surface area contributed by atoms with Crippen molar-refractivity contribution in [2.45, 2.75) is 13.3 Å². The zero-order chi connectivity index (χ0) is 12.3. The molecule has 0 spiro atoms. The number of hydrogen-bond acceptors (Lipinski definition) is 4. The highest BCUT2D eigenvalue weighted by atomic mass is 32.1. The molecule has 92 valence electrons. The Labute approximate surface area is 103 Å². The Kier molecular flexibility index (Phi) is 3.75. The van der Waals surface area contributed by atoms with Crippen LogP contribution < -0.4 is 5.32 Å². The van der Waals surface area contributed by atoms with Gasteiger partial charge in [-0.15, -0.1) is 11.3 Å². The average Bonchev–Trinajstić information content (AvgIpc) is 2.87. The van der Waals surface area contributed by atoms with Crippen LogP contribution in [0.15, 0.2) is 11.6 Å². The fourth-order valence-corrected chi connectivity index (χ4v) is 2.36. The standard InChI is InChI=1S/C11H15N3O2S/c1-8-7-17-11-13-9(6-14(8)11)10(15)12-4-3-5-16-2/h6-7H,3-5H2,1-2H3,(H,12,15). The molecule has 0 aromatic carbocycles. The van der Waals surface area contributed by atoms with E-state index in [0.29, 0.717) is 18.8 Å². The first-order valence-electron chi connectivity index (χ1n) is 5.42. The molecule has 0 bridgehead atoms. The lowest BCUT2D eigenvalue weighted by molar-refractivity contribution is 0.0944. The second kappa shape index (κ2) is 5.29. The van der Waals surface area contributed by atoms with Crippen LogP contribution in [0.3, 0.4) is 0 Å². The number of fused-ring (bicyclic) bond motifs is 1. The van der Waals surface area contributed by atoms with E-state index in [2.05, 4.69) is 10.3 Å². The maximum absolute atomic E-state index is 11.8. The van der Waals surface area contributed by atoms with Crippen LogP contribution in [-0.2, 0) is 4.74 Å². The number of ether oxygens (including phenoxy) is 1. The van der Waals surface area contributed by atoms with Crippen molar-refractivity contribution in [3.8, 4) is 0 Å². The third-order valence-electron chi connectivity index (χ3n) is 2.43. The molecule has 0 radical (unpaired) electrons. The summed E-state index contributed by atoms with van der Waals surface area (Å²) in [7, 11) is 1.65. The van der Waals surface area contributed by atoms with E-state index in [-0.39, 0.29) is 5.91 Å². The Balaban J connectivity index is 1.99. The molecule has 0 fully saturated rings. The molecular weight excluding hydrogens is 238 g/mol. The first-order valence-corrected chi connectivity index (χ1v) is 6.30. The number of nitrogens with one attached hydrogen (secondary N) is 1.